The molecule has 0 N–H and O–H groups in total. The second kappa shape index (κ2) is 6.42. The highest BCUT2D eigenvalue weighted by atomic mass is 16.2. The molecule has 0 fully saturated rings. The lowest BCUT2D eigenvalue weighted by Crippen LogP contribution is -2.34. The standard InChI is InChI=1S/C14H15N3O/c1-3-17(10-11(2)8-15)14(18)13-6-4-5-12(7-13)9-16/h4-7,11H,3,10H2,1-2H3. The molecule has 1 atom stereocenters. The lowest BCUT2D eigenvalue weighted by atomic mass is 10.1. The van der Waals surface area contributed by atoms with Gasteiger partial charge in [-0.3, -0.25) is 4.79 Å². The van der Waals surface area contributed by atoms with E-state index in [4.69, 9.17) is 10.5 Å². The Bertz CT molecular complexity index is 511. The number of amides is 1. The van der Waals surface area contributed by atoms with E-state index in [-0.39, 0.29) is 11.8 Å². The molecule has 0 aliphatic rings. The zero-order chi connectivity index (χ0) is 13.5. The zero-order valence-electron chi connectivity index (χ0n) is 10.6. The highest BCUT2D eigenvalue weighted by Gasteiger charge is 2.16. The number of rotatable bonds is 4. The Morgan fingerprint density at radius 1 is 1.44 bits per heavy atom. The molecule has 0 saturated heterocycles. The summed E-state index contributed by atoms with van der Waals surface area (Å²) < 4.78 is 0. The van der Waals surface area contributed by atoms with Crippen LogP contribution in [0.5, 0.6) is 0 Å². The molecule has 0 aliphatic carbocycles. The maximum absolute atomic E-state index is 12.2. The summed E-state index contributed by atoms with van der Waals surface area (Å²) >= 11 is 0. The van der Waals surface area contributed by atoms with Gasteiger partial charge < -0.3 is 4.90 Å². The van der Waals surface area contributed by atoms with Gasteiger partial charge in [-0.15, -0.1) is 0 Å². The number of nitrogens with zero attached hydrogens (tertiary/aromatic N) is 3. The SMILES string of the molecule is CCN(CC(C)C#N)C(=O)c1cccc(C#N)c1. The first-order valence-electron chi connectivity index (χ1n) is 5.81. The van der Waals surface area contributed by atoms with E-state index in [1.165, 1.54) is 0 Å². The molecule has 0 aliphatic heterocycles. The first-order chi connectivity index (χ1) is 8.62. The molecule has 4 heteroatoms. The number of benzene rings is 1. The van der Waals surface area contributed by atoms with Gasteiger partial charge in [0.2, 0.25) is 0 Å². The van der Waals surface area contributed by atoms with Gasteiger partial charge in [-0.25, -0.2) is 0 Å². The predicted molar refractivity (Wildman–Crippen MR) is 67.5 cm³/mol. The van der Waals surface area contributed by atoms with Crippen LogP contribution in [0.25, 0.3) is 0 Å². The Kier molecular flexibility index (Phi) is 4.90. The first-order valence-corrected chi connectivity index (χ1v) is 5.81. The van der Waals surface area contributed by atoms with Crippen LogP contribution in [-0.4, -0.2) is 23.9 Å². The smallest absolute Gasteiger partial charge is 0.253 e. The highest BCUT2D eigenvalue weighted by molar-refractivity contribution is 5.94. The third kappa shape index (κ3) is 3.33. The van der Waals surface area contributed by atoms with E-state index in [0.29, 0.717) is 24.2 Å². The van der Waals surface area contributed by atoms with Gasteiger partial charge in [-0.1, -0.05) is 6.07 Å². The van der Waals surface area contributed by atoms with Gasteiger partial charge in [0, 0.05) is 18.7 Å². The van der Waals surface area contributed by atoms with Crippen LogP contribution in [-0.2, 0) is 0 Å². The molecule has 0 spiro atoms. The normalized spacial score (nSPS) is 11.1. The Labute approximate surface area is 107 Å². The minimum Gasteiger partial charge on any atom is -0.338 e. The number of hydrogen-bond acceptors (Lipinski definition) is 3. The molecule has 1 aromatic rings. The largest absolute Gasteiger partial charge is 0.338 e. The molecule has 0 aromatic heterocycles. The van der Waals surface area contributed by atoms with E-state index in [9.17, 15) is 4.79 Å². The van der Waals surface area contributed by atoms with Gasteiger partial charge >= 0.3 is 0 Å². The maximum atomic E-state index is 12.2. The third-order valence-corrected chi connectivity index (χ3v) is 2.62. The summed E-state index contributed by atoms with van der Waals surface area (Å²) in [7, 11) is 0. The van der Waals surface area contributed by atoms with Crippen LogP contribution in [0.2, 0.25) is 0 Å². The van der Waals surface area contributed by atoms with Crippen molar-refractivity contribution in [2.45, 2.75) is 13.8 Å². The molecule has 1 amide bonds. The van der Waals surface area contributed by atoms with Gasteiger partial charge in [0.1, 0.15) is 0 Å². The number of nitriles is 2. The third-order valence-electron chi connectivity index (χ3n) is 2.62. The first kappa shape index (κ1) is 13.7. The quantitative estimate of drug-likeness (QED) is 0.811. The molecule has 92 valence electrons. The summed E-state index contributed by atoms with van der Waals surface area (Å²) in [5, 5.41) is 17.6. The fraction of sp³-hybridized carbons (Fsp3) is 0.357. The Morgan fingerprint density at radius 2 is 2.17 bits per heavy atom. The monoisotopic (exact) mass is 241 g/mol. The molecule has 4 nitrogen and oxygen atoms in total. The van der Waals surface area contributed by atoms with Crippen LogP contribution in [0.1, 0.15) is 29.8 Å². The molecule has 1 unspecified atom stereocenters. The lowest BCUT2D eigenvalue weighted by Gasteiger charge is -2.22. The predicted octanol–water partition coefficient (Wildman–Crippen LogP) is 2.18. The summed E-state index contributed by atoms with van der Waals surface area (Å²) in [4.78, 5) is 13.8. The van der Waals surface area contributed by atoms with Crippen molar-refractivity contribution in [2.24, 2.45) is 5.92 Å². The van der Waals surface area contributed by atoms with Crippen LogP contribution in [0.3, 0.4) is 0 Å². The van der Waals surface area contributed by atoms with Gasteiger partial charge in [0.15, 0.2) is 0 Å². The van der Waals surface area contributed by atoms with Crippen molar-refractivity contribution in [1.29, 1.82) is 10.5 Å². The summed E-state index contributed by atoms with van der Waals surface area (Å²) in [5.74, 6) is -0.343. The van der Waals surface area contributed by atoms with Crippen LogP contribution < -0.4 is 0 Å². The Hall–Kier alpha value is -2.33. The minimum absolute atomic E-state index is 0.142. The van der Waals surface area contributed by atoms with Gasteiger partial charge in [-0.2, -0.15) is 10.5 Å². The van der Waals surface area contributed by atoms with Crippen LogP contribution >= 0.6 is 0 Å². The van der Waals surface area contributed by atoms with Crippen molar-refractivity contribution < 1.29 is 4.79 Å². The topological polar surface area (TPSA) is 67.9 Å². The molecule has 0 bridgehead atoms. The van der Waals surface area contributed by atoms with Crippen LogP contribution in [0.4, 0.5) is 0 Å². The van der Waals surface area contributed by atoms with Crippen molar-refractivity contribution in [3.05, 3.63) is 35.4 Å². The van der Waals surface area contributed by atoms with E-state index in [1.807, 2.05) is 13.0 Å². The van der Waals surface area contributed by atoms with Gasteiger partial charge in [0.25, 0.3) is 5.91 Å². The summed E-state index contributed by atoms with van der Waals surface area (Å²) in [6.45, 7) is 4.60. The fourth-order valence-corrected chi connectivity index (χ4v) is 1.63. The molecule has 0 radical (unpaired) electrons. The molecule has 0 saturated carbocycles. The van der Waals surface area contributed by atoms with Crippen molar-refractivity contribution in [1.82, 2.24) is 4.90 Å². The minimum atomic E-state index is -0.201. The highest BCUT2D eigenvalue weighted by Crippen LogP contribution is 2.09. The Balaban J connectivity index is 2.90. The Morgan fingerprint density at radius 3 is 2.72 bits per heavy atom. The van der Waals surface area contributed by atoms with Crippen molar-refractivity contribution in [3.8, 4) is 12.1 Å². The van der Waals surface area contributed by atoms with Gasteiger partial charge in [-0.05, 0) is 32.0 Å². The maximum Gasteiger partial charge on any atom is 0.253 e. The molecule has 18 heavy (non-hydrogen) atoms. The molecular weight excluding hydrogens is 226 g/mol. The summed E-state index contributed by atoms with van der Waals surface area (Å²) in [6, 6.07) is 10.7. The number of hydrogen-bond donors (Lipinski definition) is 0. The second-order valence-corrected chi connectivity index (χ2v) is 4.07. The molecule has 0 heterocycles. The lowest BCUT2D eigenvalue weighted by molar-refractivity contribution is 0.0752. The van der Waals surface area contributed by atoms with Crippen LogP contribution in [0, 0.1) is 28.6 Å². The van der Waals surface area contributed by atoms with E-state index in [0.717, 1.165) is 0 Å². The van der Waals surface area contributed by atoms with E-state index >= 15 is 0 Å². The number of carbonyl (C=O) groups is 1. The number of carbonyl (C=O) groups excluding carboxylic acids is 1. The second-order valence-electron chi connectivity index (χ2n) is 4.07. The summed E-state index contributed by atoms with van der Waals surface area (Å²) in [5.41, 5.74) is 0.950. The van der Waals surface area contributed by atoms with Crippen LogP contribution in [0.15, 0.2) is 24.3 Å². The van der Waals surface area contributed by atoms with Crippen molar-refractivity contribution in [3.63, 3.8) is 0 Å². The van der Waals surface area contributed by atoms with Crippen molar-refractivity contribution >= 4 is 5.91 Å². The summed E-state index contributed by atoms with van der Waals surface area (Å²) in [6.07, 6.45) is 0. The van der Waals surface area contributed by atoms with Gasteiger partial charge in [0.05, 0.1) is 23.6 Å². The van der Waals surface area contributed by atoms with E-state index < -0.39 is 0 Å². The van der Waals surface area contributed by atoms with Crippen molar-refractivity contribution in [2.75, 3.05) is 13.1 Å². The van der Waals surface area contributed by atoms with E-state index in [2.05, 4.69) is 6.07 Å². The average molecular weight is 241 g/mol. The average Bonchev–Trinajstić information content (AvgIpc) is 2.43. The fourth-order valence-electron chi connectivity index (χ4n) is 1.63. The van der Waals surface area contributed by atoms with E-state index in [1.54, 1.807) is 36.1 Å². The molecule has 1 aromatic carbocycles. The zero-order valence-corrected chi connectivity index (χ0v) is 10.6. The molecule has 1 rings (SSSR count). The molecular formula is C14H15N3O.